The SMILES string of the molecule is C#CCN(C)C(=O)C1(Br)CCCC1. The van der Waals surface area contributed by atoms with Gasteiger partial charge in [-0.05, 0) is 12.8 Å². The van der Waals surface area contributed by atoms with Crippen molar-refractivity contribution in [3.05, 3.63) is 0 Å². The van der Waals surface area contributed by atoms with E-state index in [1.807, 2.05) is 0 Å². The van der Waals surface area contributed by atoms with E-state index >= 15 is 0 Å². The van der Waals surface area contributed by atoms with Gasteiger partial charge in [0.1, 0.15) is 4.32 Å². The fraction of sp³-hybridized carbons (Fsp3) is 0.700. The van der Waals surface area contributed by atoms with E-state index < -0.39 is 0 Å². The topological polar surface area (TPSA) is 20.3 Å². The summed E-state index contributed by atoms with van der Waals surface area (Å²) in [6, 6.07) is 0. The monoisotopic (exact) mass is 243 g/mol. The number of nitrogens with zero attached hydrogens (tertiary/aromatic N) is 1. The number of amides is 1. The standard InChI is InChI=1S/C10H14BrNO/c1-3-8-12(2)9(13)10(11)6-4-5-7-10/h1H,4-8H2,2H3. The van der Waals surface area contributed by atoms with Crippen LogP contribution in [0.3, 0.4) is 0 Å². The molecule has 1 aliphatic rings. The maximum absolute atomic E-state index is 11.8. The van der Waals surface area contributed by atoms with Gasteiger partial charge in [0.05, 0.1) is 6.54 Å². The summed E-state index contributed by atoms with van der Waals surface area (Å²) >= 11 is 3.52. The minimum absolute atomic E-state index is 0.128. The van der Waals surface area contributed by atoms with Gasteiger partial charge >= 0.3 is 0 Å². The lowest BCUT2D eigenvalue weighted by molar-refractivity contribution is -0.131. The van der Waals surface area contributed by atoms with Crippen LogP contribution in [0.5, 0.6) is 0 Å². The largest absolute Gasteiger partial charge is 0.333 e. The number of terminal acetylenes is 1. The van der Waals surface area contributed by atoms with Crippen LogP contribution in [0.4, 0.5) is 0 Å². The Kier molecular flexibility index (Phi) is 3.38. The lowest BCUT2D eigenvalue weighted by Crippen LogP contribution is -2.41. The van der Waals surface area contributed by atoms with E-state index in [1.54, 1.807) is 11.9 Å². The van der Waals surface area contributed by atoms with Gasteiger partial charge in [-0.3, -0.25) is 4.79 Å². The lowest BCUT2D eigenvalue weighted by atomic mass is 10.1. The number of halogens is 1. The van der Waals surface area contributed by atoms with Crippen molar-refractivity contribution in [2.45, 2.75) is 30.0 Å². The molecule has 1 rings (SSSR count). The van der Waals surface area contributed by atoms with Gasteiger partial charge in [0.2, 0.25) is 5.91 Å². The normalized spacial score (nSPS) is 19.5. The summed E-state index contributed by atoms with van der Waals surface area (Å²) in [6.45, 7) is 0.395. The summed E-state index contributed by atoms with van der Waals surface area (Å²) in [4.78, 5) is 13.5. The highest BCUT2D eigenvalue weighted by atomic mass is 79.9. The molecule has 72 valence electrons. The second kappa shape index (κ2) is 4.15. The van der Waals surface area contributed by atoms with Crippen LogP contribution < -0.4 is 0 Å². The van der Waals surface area contributed by atoms with Crippen LogP contribution in [0.15, 0.2) is 0 Å². The van der Waals surface area contributed by atoms with Crippen LogP contribution in [0.25, 0.3) is 0 Å². The summed E-state index contributed by atoms with van der Waals surface area (Å²) in [5.74, 6) is 2.60. The molecule has 0 aromatic carbocycles. The molecule has 0 heterocycles. The highest BCUT2D eigenvalue weighted by Gasteiger charge is 2.39. The molecule has 0 bridgehead atoms. The van der Waals surface area contributed by atoms with E-state index in [2.05, 4.69) is 21.9 Å². The predicted octanol–water partition coefficient (Wildman–Crippen LogP) is 1.79. The van der Waals surface area contributed by atoms with Crippen LogP contribution in [0.1, 0.15) is 25.7 Å². The molecule has 0 N–H and O–H groups in total. The molecule has 2 nitrogen and oxygen atoms in total. The van der Waals surface area contributed by atoms with Crippen LogP contribution >= 0.6 is 15.9 Å². The maximum atomic E-state index is 11.8. The first-order valence-electron chi connectivity index (χ1n) is 4.48. The number of hydrogen-bond acceptors (Lipinski definition) is 1. The molecule has 0 aromatic rings. The first-order chi connectivity index (χ1) is 6.10. The summed E-state index contributed by atoms with van der Waals surface area (Å²) in [7, 11) is 1.75. The van der Waals surface area contributed by atoms with Gasteiger partial charge in [0.25, 0.3) is 0 Å². The number of rotatable bonds is 2. The van der Waals surface area contributed by atoms with Gasteiger partial charge in [-0.1, -0.05) is 34.7 Å². The highest BCUT2D eigenvalue weighted by Crippen LogP contribution is 2.38. The summed E-state index contributed by atoms with van der Waals surface area (Å²) in [6.07, 6.45) is 9.26. The quantitative estimate of drug-likeness (QED) is 0.535. The van der Waals surface area contributed by atoms with Crippen molar-refractivity contribution in [2.75, 3.05) is 13.6 Å². The van der Waals surface area contributed by atoms with E-state index in [4.69, 9.17) is 6.42 Å². The van der Waals surface area contributed by atoms with Crippen LogP contribution in [-0.2, 0) is 4.79 Å². The van der Waals surface area contributed by atoms with E-state index in [-0.39, 0.29) is 10.2 Å². The third-order valence-corrected chi connectivity index (χ3v) is 3.59. The van der Waals surface area contributed by atoms with Crippen molar-refractivity contribution < 1.29 is 4.79 Å². The molecule has 1 saturated carbocycles. The van der Waals surface area contributed by atoms with E-state index in [0.29, 0.717) is 6.54 Å². The summed E-state index contributed by atoms with van der Waals surface area (Å²) in [5.41, 5.74) is 0. The smallest absolute Gasteiger partial charge is 0.239 e. The predicted molar refractivity (Wildman–Crippen MR) is 56.6 cm³/mol. The Morgan fingerprint density at radius 1 is 1.62 bits per heavy atom. The summed E-state index contributed by atoms with van der Waals surface area (Å²) < 4.78 is -0.321. The Morgan fingerprint density at radius 3 is 2.62 bits per heavy atom. The van der Waals surface area contributed by atoms with Gasteiger partial charge in [-0.15, -0.1) is 6.42 Å². The van der Waals surface area contributed by atoms with Crippen molar-refractivity contribution in [3.63, 3.8) is 0 Å². The zero-order chi connectivity index (χ0) is 9.90. The lowest BCUT2D eigenvalue weighted by Gasteiger charge is -2.25. The fourth-order valence-electron chi connectivity index (χ4n) is 1.70. The number of carbonyl (C=O) groups excluding carboxylic acids is 1. The third kappa shape index (κ3) is 2.25. The Bertz CT molecular complexity index is 238. The van der Waals surface area contributed by atoms with E-state index in [0.717, 1.165) is 25.7 Å². The molecule has 0 radical (unpaired) electrons. The van der Waals surface area contributed by atoms with Crippen LogP contribution in [0, 0.1) is 12.3 Å². The Morgan fingerprint density at radius 2 is 2.15 bits per heavy atom. The first kappa shape index (κ1) is 10.6. The zero-order valence-corrected chi connectivity index (χ0v) is 9.43. The molecule has 1 fully saturated rings. The molecule has 0 atom stereocenters. The second-order valence-electron chi connectivity index (χ2n) is 3.54. The van der Waals surface area contributed by atoms with Gasteiger partial charge in [-0.25, -0.2) is 0 Å². The van der Waals surface area contributed by atoms with Crippen molar-refractivity contribution in [1.29, 1.82) is 0 Å². The molecule has 13 heavy (non-hydrogen) atoms. The van der Waals surface area contributed by atoms with Crippen LogP contribution in [-0.4, -0.2) is 28.7 Å². The zero-order valence-electron chi connectivity index (χ0n) is 7.85. The van der Waals surface area contributed by atoms with E-state index in [1.165, 1.54) is 0 Å². The molecule has 0 unspecified atom stereocenters. The molecule has 1 amide bonds. The molecule has 0 saturated heterocycles. The Balaban J connectivity index is 2.61. The van der Waals surface area contributed by atoms with Crippen molar-refractivity contribution >= 4 is 21.8 Å². The molecular weight excluding hydrogens is 230 g/mol. The number of carbonyl (C=O) groups is 1. The molecule has 3 heteroatoms. The molecule has 0 aromatic heterocycles. The fourth-order valence-corrected chi connectivity index (χ4v) is 2.56. The number of alkyl halides is 1. The Labute approximate surface area is 87.8 Å². The second-order valence-corrected chi connectivity index (χ2v) is 5.06. The van der Waals surface area contributed by atoms with Gasteiger partial charge in [0, 0.05) is 7.05 Å². The van der Waals surface area contributed by atoms with Crippen molar-refractivity contribution in [1.82, 2.24) is 4.90 Å². The average Bonchev–Trinajstić information content (AvgIpc) is 2.52. The third-order valence-electron chi connectivity index (χ3n) is 2.45. The Hall–Kier alpha value is -0.490. The molecular formula is C10H14BrNO. The van der Waals surface area contributed by atoms with Gasteiger partial charge in [-0.2, -0.15) is 0 Å². The summed E-state index contributed by atoms with van der Waals surface area (Å²) in [5, 5.41) is 0. The van der Waals surface area contributed by atoms with Gasteiger partial charge in [0.15, 0.2) is 0 Å². The van der Waals surface area contributed by atoms with Crippen LogP contribution in [0.2, 0.25) is 0 Å². The highest BCUT2D eigenvalue weighted by molar-refractivity contribution is 9.10. The maximum Gasteiger partial charge on any atom is 0.239 e. The van der Waals surface area contributed by atoms with Gasteiger partial charge < -0.3 is 4.90 Å². The molecule has 1 aliphatic carbocycles. The molecule has 0 aliphatic heterocycles. The molecule has 0 spiro atoms. The minimum Gasteiger partial charge on any atom is -0.333 e. The average molecular weight is 244 g/mol. The van der Waals surface area contributed by atoms with Crippen molar-refractivity contribution in [2.24, 2.45) is 0 Å². The minimum atomic E-state index is -0.321. The van der Waals surface area contributed by atoms with Crippen molar-refractivity contribution in [3.8, 4) is 12.3 Å². The first-order valence-corrected chi connectivity index (χ1v) is 5.27. The number of hydrogen-bond donors (Lipinski definition) is 0. The van der Waals surface area contributed by atoms with E-state index in [9.17, 15) is 4.79 Å².